The zero-order chi connectivity index (χ0) is 25.6. The molecule has 5 rings (SSSR count). The Morgan fingerprint density at radius 3 is 2.67 bits per heavy atom. The van der Waals surface area contributed by atoms with Crippen molar-refractivity contribution in [3.63, 3.8) is 0 Å². The first-order valence-electron chi connectivity index (χ1n) is 11.3. The van der Waals surface area contributed by atoms with Crippen molar-refractivity contribution in [1.82, 2.24) is 14.9 Å². The number of aromatic nitrogens is 2. The van der Waals surface area contributed by atoms with Crippen molar-refractivity contribution in [2.24, 2.45) is 0 Å². The van der Waals surface area contributed by atoms with Gasteiger partial charge in [0.2, 0.25) is 0 Å². The number of hydrogen-bond acceptors (Lipinski definition) is 8. The Bertz CT molecular complexity index is 1480. The van der Waals surface area contributed by atoms with E-state index in [1.165, 1.54) is 12.0 Å². The minimum Gasteiger partial charge on any atom is -0.495 e. The van der Waals surface area contributed by atoms with Crippen LogP contribution < -0.4 is 14.4 Å². The molecule has 3 heterocycles. The fourth-order valence-electron chi connectivity index (χ4n) is 4.36. The van der Waals surface area contributed by atoms with E-state index in [9.17, 15) is 13.2 Å². The maximum absolute atomic E-state index is 12.6. The summed E-state index contributed by atoms with van der Waals surface area (Å²) in [5, 5.41) is 0.411. The van der Waals surface area contributed by atoms with Gasteiger partial charge in [-0.2, -0.15) is 0 Å². The van der Waals surface area contributed by atoms with Crippen LogP contribution in [0.4, 0.5) is 11.5 Å². The average Bonchev–Trinajstić information content (AvgIpc) is 3.40. The Morgan fingerprint density at radius 2 is 1.94 bits per heavy atom. The number of nitrogens with zero attached hydrogens (tertiary/aromatic N) is 4. The fourth-order valence-corrected chi connectivity index (χ4v) is 6.12. The minimum atomic E-state index is -3.33. The van der Waals surface area contributed by atoms with E-state index in [1.807, 2.05) is 23.1 Å². The summed E-state index contributed by atoms with van der Waals surface area (Å²) in [6.07, 6.45) is 0.765. The molecule has 0 saturated carbocycles. The van der Waals surface area contributed by atoms with Gasteiger partial charge in [0.05, 0.1) is 29.3 Å². The highest BCUT2D eigenvalue weighted by molar-refractivity contribution is 7.90. The van der Waals surface area contributed by atoms with Crippen LogP contribution in [0.15, 0.2) is 36.4 Å². The molecule has 0 radical (unpaired) electrons. The SMILES string of the molecule is COc1ccc(-c2nc3c(c(N4CCc5ccc(OCC(=O)N(C)C)cc54)n2)CS(=O)(=O)C3)cc1Cl. The van der Waals surface area contributed by atoms with Gasteiger partial charge in [0, 0.05) is 43.5 Å². The number of amides is 1. The van der Waals surface area contributed by atoms with Gasteiger partial charge in [0.1, 0.15) is 17.3 Å². The number of likely N-dealkylation sites (N-methyl/N-ethyl adjacent to an activating group) is 1. The summed E-state index contributed by atoms with van der Waals surface area (Å²) in [5.41, 5.74) is 3.73. The number of fused-ring (bicyclic) bond motifs is 2. The number of carbonyl (C=O) groups is 1. The molecule has 9 nitrogen and oxygen atoms in total. The number of benzene rings is 2. The smallest absolute Gasteiger partial charge is 0.259 e. The van der Waals surface area contributed by atoms with Gasteiger partial charge >= 0.3 is 0 Å². The lowest BCUT2D eigenvalue weighted by molar-refractivity contribution is -0.130. The molecule has 188 valence electrons. The van der Waals surface area contributed by atoms with E-state index in [2.05, 4.69) is 4.98 Å². The van der Waals surface area contributed by atoms with Crippen molar-refractivity contribution >= 4 is 38.9 Å². The van der Waals surface area contributed by atoms with Crippen molar-refractivity contribution in [1.29, 1.82) is 0 Å². The molecule has 3 aromatic rings. The number of hydrogen-bond donors (Lipinski definition) is 0. The molecule has 2 aromatic carbocycles. The third-order valence-electron chi connectivity index (χ3n) is 6.27. The first-order valence-corrected chi connectivity index (χ1v) is 13.5. The molecule has 0 spiro atoms. The molecule has 1 aromatic heterocycles. The number of anilines is 2. The topological polar surface area (TPSA) is 102 Å². The zero-order valence-electron chi connectivity index (χ0n) is 20.1. The van der Waals surface area contributed by atoms with Crippen LogP contribution in [-0.2, 0) is 32.6 Å². The molecule has 0 N–H and O–H groups in total. The number of ether oxygens (including phenoxy) is 2. The maximum atomic E-state index is 12.6. The summed E-state index contributed by atoms with van der Waals surface area (Å²) in [7, 11) is 1.56. The lowest BCUT2D eigenvalue weighted by atomic mass is 10.1. The molecular formula is C25H25ClN4O5S. The quantitative estimate of drug-likeness (QED) is 0.480. The van der Waals surface area contributed by atoms with Gasteiger partial charge in [-0.15, -0.1) is 0 Å². The molecule has 0 unspecified atom stereocenters. The van der Waals surface area contributed by atoms with Gasteiger partial charge in [0.15, 0.2) is 22.3 Å². The number of halogens is 1. The van der Waals surface area contributed by atoms with Gasteiger partial charge in [-0.1, -0.05) is 17.7 Å². The normalized spacial score (nSPS) is 15.4. The molecule has 2 aliphatic rings. The van der Waals surface area contributed by atoms with E-state index in [-0.39, 0.29) is 24.0 Å². The molecular weight excluding hydrogens is 504 g/mol. The summed E-state index contributed by atoms with van der Waals surface area (Å²) in [4.78, 5) is 24.9. The monoisotopic (exact) mass is 528 g/mol. The lowest BCUT2D eigenvalue weighted by Crippen LogP contribution is -2.27. The number of sulfone groups is 1. The van der Waals surface area contributed by atoms with Gasteiger partial charge in [-0.05, 0) is 36.2 Å². The highest BCUT2D eigenvalue weighted by atomic mass is 35.5. The van der Waals surface area contributed by atoms with Crippen molar-refractivity contribution in [3.8, 4) is 22.9 Å². The van der Waals surface area contributed by atoms with Crippen molar-refractivity contribution in [3.05, 3.63) is 58.2 Å². The molecule has 11 heteroatoms. The van der Waals surface area contributed by atoms with Crippen LogP contribution in [0.25, 0.3) is 11.4 Å². The molecule has 0 fully saturated rings. The second-order valence-electron chi connectivity index (χ2n) is 8.95. The van der Waals surface area contributed by atoms with Crippen LogP contribution in [-0.4, -0.2) is 63.5 Å². The van der Waals surface area contributed by atoms with E-state index in [1.54, 1.807) is 32.3 Å². The highest BCUT2D eigenvalue weighted by Crippen LogP contribution is 2.41. The maximum Gasteiger partial charge on any atom is 0.259 e. The predicted molar refractivity (Wildman–Crippen MR) is 137 cm³/mol. The molecule has 0 bridgehead atoms. The van der Waals surface area contributed by atoms with Crippen LogP contribution in [0, 0.1) is 0 Å². The Hall–Kier alpha value is -3.37. The Morgan fingerprint density at radius 1 is 1.14 bits per heavy atom. The molecule has 36 heavy (non-hydrogen) atoms. The Kier molecular flexibility index (Phi) is 6.25. The van der Waals surface area contributed by atoms with E-state index < -0.39 is 9.84 Å². The summed E-state index contributed by atoms with van der Waals surface area (Å²) in [5.74, 6) is 1.64. The van der Waals surface area contributed by atoms with E-state index in [0.717, 1.165) is 17.7 Å². The second kappa shape index (κ2) is 9.25. The number of rotatable bonds is 6. The molecule has 0 atom stereocenters. The molecule has 1 amide bonds. The van der Waals surface area contributed by atoms with E-state index in [0.29, 0.717) is 51.5 Å². The van der Waals surface area contributed by atoms with Gasteiger partial charge in [-0.25, -0.2) is 18.4 Å². The lowest BCUT2D eigenvalue weighted by Gasteiger charge is -2.22. The highest BCUT2D eigenvalue weighted by Gasteiger charge is 2.34. The Labute approximate surface area is 214 Å². The van der Waals surface area contributed by atoms with Gasteiger partial charge in [-0.3, -0.25) is 4.79 Å². The second-order valence-corrected chi connectivity index (χ2v) is 11.4. The third-order valence-corrected chi connectivity index (χ3v) is 8.01. The van der Waals surface area contributed by atoms with Crippen LogP contribution in [0.5, 0.6) is 11.5 Å². The predicted octanol–water partition coefficient (Wildman–Crippen LogP) is 3.40. The van der Waals surface area contributed by atoms with Crippen molar-refractivity contribution in [2.75, 3.05) is 39.3 Å². The van der Waals surface area contributed by atoms with Gasteiger partial charge in [0.25, 0.3) is 5.91 Å². The first-order chi connectivity index (χ1) is 17.1. The molecule has 0 aliphatic carbocycles. The van der Waals surface area contributed by atoms with Crippen molar-refractivity contribution < 1.29 is 22.7 Å². The summed E-state index contributed by atoms with van der Waals surface area (Å²) in [6.45, 7) is 0.553. The Balaban J connectivity index is 1.56. The minimum absolute atomic E-state index is 0.0741. The number of carbonyl (C=O) groups excluding carboxylic acids is 1. The van der Waals surface area contributed by atoms with Crippen LogP contribution in [0.1, 0.15) is 16.8 Å². The van der Waals surface area contributed by atoms with Crippen LogP contribution in [0.2, 0.25) is 5.02 Å². The molecule has 0 saturated heterocycles. The average molecular weight is 529 g/mol. The van der Waals surface area contributed by atoms with E-state index in [4.69, 9.17) is 26.1 Å². The van der Waals surface area contributed by atoms with Crippen LogP contribution in [0.3, 0.4) is 0 Å². The summed E-state index contributed by atoms with van der Waals surface area (Å²) in [6, 6.07) is 10.9. The van der Waals surface area contributed by atoms with Crippen molar-refractivity contribution in [2.45, 2.75) is 17.9 Å². The fraction of sp³-hybridized carbons (Fsp3) is 0.320. The molecule has 2 aliphatic heterocycles. The first kappa shape index (κ1) is 24.3. The van der Waals surface area contributed by atoms with Gasteiger partial charge < -0.3 is 19.3 Å². The summed E-state index contributed by atoms with van der Waals surface area (Å²) >= 11 is 6.34. The van der Waals surface area contributed by atoms with Crippen LogP contribution >= 0.6 is 11.6 Å². The summed E-state index contributed by atoms with van der Waals surface area (Å²) < 4.78 is 36.1. The zero-order valence-corrected chi connectivity index (χ0v) is 21.7. The standard InChI is InChI=1S/C25H25ClN4O5S/c1-29(2)23(31)12-35-17-6-4-15-8-9-30(21(15)11-17)25-18-13-36(32,33)14-20(18)27-24(28-25)16-5-7-22(34-3)19(26)10-16/h4-7,10-11H,8-9,12-14H2,1-3H3. The third kappa shape index (κ3) is 4.58. The van der Waals surface area contributed by atoms with E-state index >= 15 is 0 Å². The number of methoxy groups -OCH3 is 1. The largest absolute Gasteiger partial charge is 0.495 e.